The van der Waals surface area contributed by atoms with Crippen LogP contribution in [0.25, 0.3) is 0 Å². The molecule has 1 N–H and O–H groups in total. The van der Waals surface area contributed by atoms with Crippen LogP contribution in [0.1, 0.15) is 37.4 Å². The number of oxime groups is 1. The molecule has 0 saturated heterocycles. The van der Waals surface area contributed by atoms with E-state index in [2.05, 4.69) is 5.16 Å². The van der Waals surface area contributed by atoms with Crippen molar-refractivity contribution in [3.63, 3.8) is 0 Å². The Hall–Kier alpha value is -3.22. The van der Waals surface area contributed by atoms with Gasteiger partial charge in [0.2, 0.25) is 0 Å². The van der Waals surface area contributed by atoms with Crippen molar-refractivity contribution >= 4 is 17.1 Å². The molecule has 7 nitrogen and oxygen atoms in total. The Morgan fingerprint density at radius 2 is 1.68 bits per heavy atom. The van der Waals surface area contributed by atoms with Crippen molar-refractivity contribution in [1.29, 1.82) is 0 Å². The van der Waals surface area contributed by atoms with Crippen LogP contribution in [-0.2, 0) is 0 Å². The lowest BCUT2D eigenvalue weighted by atomic mass is 9.97. The molecule has 0 aliphatic rings. The monoisotopic (exact) mass is 341 g/mol. The topological polar surface area (TPSA) is 102 Å². The smallest absolute Gasteiger partial charge is 0.269 e. The Kier molecular flexibility index (Phi) is 5.84. The predicted octanol–water partition coefficient (Wildman–Crippen LogP) is 3.90. The molecule has 0 aromatic heterocycles. The molecule has 0 saturated carbocycles. The molecule has 0 spiro atoms. The van der Waals surface area contributed by atoms with Gasteiger partial charge in [0.1, 0.15) is 0 Å². The molecular weight excluding hydrogens is 322 g/mol. The Morgan fingerprint density at radius 3 is 2.16 bits per heavy atom. The minimum absolute atomic E-state index is 0.0451. The molecule has 1 atom stereocenters. The molecule has 0 amide bonds. The molecule has 0 heterocycles. The summed E-state index contributed by atoms with van der Waals surface area (Å²) in [6, 6.07) is 14.2. The summed E-state index contributed by atoms with van der Waals surface area (Å²) in [5.74, 6) is 0. The van der Waals surface area contributed by atoms with Crippen LogP contribution in [0, 0.1) is 15.3 Å². The molecule has 0 aliphatic heterocycles. The van der Waals surface area contributed by atoms with Gasteiger partial charge in [-0.1, -0.05) is 35.5 Å². The Bertz CT molecular complexity index is 795. The highest BCUT2D eigenvalue weighted by Crippen LogP contribution is 2.25. The minimum Gasteiger partial charge on any atom is -0.623 e. The van der Waals surface area contributed by atoms with E-state index in [-0.39, 0.29) is 12.1 Å². The Balaban J connectivity index is 2.40. The van der Waals surface area contributed by atoms with Crippen LogP contribution in [0.5, 0.6) is 0 Å². The highest BCUT2D eigenvalue weighted by atomic mass is 16.6. The SMILES string of the molecule is CC(C)=[N+]([O-])C(C/C(=N\O)c1ccccc1)c1ccc([N+](=O)[O-])cc1. The van der Waals surface area contributed by atoms with E-state index in [1.54, 1.807) is 38.1 Å². The summed E-state index contributed by atoms with van der Waals surface area (Å²) in [7, 11) is 0. The lowest BCUT2D eigenvalue weighted by molar-refractivity contribution is -0.507. The molecule has 25 heavy (non-hydrogen) atoms. The first kappa shape index (κ1) is 18.1. The first-order valence-electron chi connectivity index (χ1n) is 7.71. The largest absolute Gasteiger partial charge is 0.623 e. The van der Waals surface area contributed by atoms with E-state index in [4.69, 9.17) is 0 Å². The molecule has 0 aliphatic carbocycles. The zero-order valence-electron chi connectivity index (χ0n) is 14.0. The number of benzene rings is 2. The van der Waals surface area contributed by atoms with Gasteiger partial charge in [0.15, 0.2) is 11.8 Å². The first-order chi connectivity index (χ1) is 11.9. The Morgan fingerprint density at radius 1 is 1.08 bits per heavy atom. The van der Waals surface area contributed by atoms with Crippen molar-refractivity contribution in [2.45, 2.75) is 26.3 Å². The van der Waals surface area contributed by atoms with Crippen LogP contribution in [-0.4, -0.2) is 26.3 Å². The van der Waals surface area contributed by atoms with E-state index in [1.165, 1.54) is 12.1 Å². The number of rotatable bonds is 6. The summed E-state index contributed by atoms with van der Waals surface area (Å²) in [5.41, 5.74) is 2.17. The van der Waals surface area contributed by atoms with Crippen molar-refractivity contribution in [1.82, 2.24) is 0 Å². The highest BCUT2D eigenvalue weighted by Gasteiger charge is 2.24. The first-order valence-corrected chi connectivity index (χ1v) is 7.71. The normalized spacial score (nSPS) is 12.5. The molecule has 2 aromatic carbocycles. The van der Waals surface area contributed by atoms with Crippen molar-refractivity contribution in [2.24, 2.45) is 5.16 Å². The number of nitro benzene ring substituents is 1. The number of nitrogens with zero attached hydrogens (tertiary/aromatic N) is 3. The Labute approximate surface area is 145 Å². The van der Waals surface area contributed by atoms with Gasteiger partial charge in [0.05, 0.1) is 17.1 Å². The third-order valence-corrected chi connectivity index (χ3v) is 3.83. The van der Waals surface area contributed by atoms with E-state index < -0.39 is 11.0 Å². The predicted molar refractivity (Wildman–Crippen MR) is 95.2 cm³/mol. The summed E-state index contributed by atoms with van der Waals surface area (Å²) in [6.45, 7) is 3.37. The molecule has 2 aromatic rings. The van der Waals surface area contributed by atoms with Crippen LogP contribution in [0.15, 0.2) is 59.8 Å². The van der Waals surface area contributed by atoms with Crippen molar-refractivity contribution in [3.05, 3.63) is 81.0 Å². The highest BCUT2D eigenvalue weighted by molar-refractivity contribution is 6.00. The fourth-order valence-corrected chi connectivity index (χ4v) is 2.50. The maximum Gasteiger partial charge on any atom is 0.269 e. The summed E-state index contributed by atoms with van der Waals surface area (Å²) in [6.07, 6.45) is 0.160. The van der Waals surface area contributed by atoms with Crippen LogP contribution in [0.3, 0.4) is 0 Å². The standard InChI is InChI=1S/C18H19N3O4/c1-13(2)20(23)18(15-8-10-16(11-9-15)21(24)25)12-17(19-22)14-6-4-3-5-7-14/h3-11,18,22H,12H2,1-2H3/b19-17+. The third-order valence-electron chi connectivity index (χ3n) is 3.83. The summed E-state index contributed by atoms with van der Waals surface area (Å²) >= 11 is 0. The molecule has 1 unspecified atom stereocenters. The maximum atomic E-state index is 12.6. The fourth-order valence-electron chi connectivity index (χ4n) is 2.50. The van der Waals surface area contributed by atoms with Crippen LogP contribution in [0.4, 0.5) is 5.69 Å². The van der Waals surface area contributed by atoms with E-state index in [9.17, 15) is 20.5 Å². The van der Waals surface area contributed by atoms with Crippen molar-refractivity contribution in [2.75, 3.05) is 0 Å². The van der Waals surface area contributed by atoms with Gasteiger partial charge in [-0.3, -0.25) is 10.1 Å². The molecule has 130 valence electrons. The molecule has 0 bridgehead atoms. The molecule has 2 rings (SSSR count). The lowest BCUT2D eigenvalue weighted by Gasteiger charge is -2.19. The zero-order chi connectivity index (χ0) is 18.4. The second kappa shape index (κ2) is 8.05. The lowest BCUT2D eigenvalue weighted by Crippen LogP contribution is -2.21. The summed E-state index contributed by atoms with van der Waals surface area (Å²) in [5, 5.41) is 36.1. The second-order valence-corrected chi connectivity index (χ2v) is 5.75. The van der Waals surface area contributed by atoms with Gasteiger partial charge < -0.3 is 10.4 Å². The van der Waals surface area contributed by atoms with E-state index in [0.717, 1.165) is 4.74 Å². The quantitative estimate of drug-likeness (QED) is 0.215. The summed E-state index contributed by atoms with van der Waals surface area (Å²) < 4.78 is 0.829. The molecule has 0 fully saturated rings. The van der Waals surface area contributed by atoms with Gasteiger partial charge in [-0.25, -0.2) is 4.74 Å². The van der Waals surface area contributed by atoms with Gasteiger partial charge >= 0.3 is 0 Å². The van der Waals surface area contributed by atoms with Gasteiger partial charge in [0, 0.05) is 31.5 Å². The van der Waals surface area contributed by atoms with Crippen LogP contribution >= 0.6 is 0 Å². The third kappa shape index (κ3) is 4.41. The number of hydroxylamine groups is 1. The van der Waals surface area contributed by atoms with E-state index >= 15 is 0 Å². The average Bonchev–Trinajstić information content (AvgIpc) is 2.63. The zero-order valence-corrected chi connectivity index (χ0v) is 14.0. The van der Waals surface area contributed by atoms with Crippen molar-refractivity contribution < 1.29 is 14.9 Å². The molecule has 7 heteroatoms. The van der Waals surface area contributed by atoms with Crippen LogP contribution < -0.4 is 0 Å². The molecular formula is C18H19N3O4. The number of hydrogen-bond donors (Lipinski definition) is 1. The van der Waals surface area contributed by atoms with E-state index in [0.29, 0.717) is 22.6 Å². The van der Waals surface area contributed by atoms with Gasteiger partial charge in [-0.05, 0) is 17.7 Å². The van der Waals surface area contributed by atoms with Gasteiger partial charge in [0.25, 0.3) is 5.69 Å². The average molecular weight is 341 g/mol. The van der Waals surface area contributed by atoms with Gasteiger partial charge in [-0.2, -0.15) is 0 Å². The molecule has 0 radical (unpaired) electrons. The number of hydrogen-bond acceptors (Lipinski definition) is 5. The fraction of sp³-hybridized carbons (Fsp3) is 0.222. The van der Waals surface area contributed by atoms with Gasteiger partial charge in [-0.15, -0.1) is 0 Å². The number of non-ortho nitro benzene ring substituents is 1. The van der Waals surface area contributed by atoms with E-state index in [1.807, 2.05) is 18.2 Å². The van der Waals surface area contributed by atoms with Crippen LogP contribution in [0.2, 0.25) is 0 Å². The maximum absolute atomic E-state index is 12.6. The number of nitro groups is 1. The summed E-state index contributed by atoms with van der Waals surface area (Å²) in [4.78, 5) is 10.3. The van der Waals surface area contributed by atoms with Crippen molar-refractivity contribution in [3.8, 4) is 0 Å². The minimum atomic E-state index is -0.656. The second-order valence-electron chi connectivity index (χ2n) is 5.75.